The van der Waals surface area contributed by atoms with Gasteiger partial charge in [-0.2, -0.15) is 0 Å². The van der Waals surface area contributed by atoms with Gasteiger partial charge in [0.1, 0.15) is 6.04 Å². The third-order valence-corrected chi connectivity index (χ3v) is 1.77. The van der Waals surface area contributed by atoms with Crippen LogP contribution in [0.3, 0.4) is 0 Å². The van der Waals surface area contributed by atoms with Crippen molar-refractivity contribution in [1.29, 1.82) is 0 Å². The fraction of sp³-hybridized carbons (Fsp3) is 0.286. The van der Waals surface area contributed by atoms with Crippen LogP contribution in [0, 0.1) is 0 Å². The van der Waals surface area contributed by atoms with Crippen molar-refractivity contribution in [3.63, 3.8) is 0 Å². The van der Waals surface area contributed by atoms with Crippen molar-refractivity contribution < 1.29 is 4.79 Å². The van der Waals surface area contributed by atoms with Gasteiger partial charge in [-0.3, -0.25) is 9.79 Å². The molecule has 0 fully saturated rings. The fourth-order valence-corrected chi connectivity index (χ4v) is 1.01. The van der Waals surface area contributed by atoms with Crippen molar-refractivity contribution >= 4 is 24.5 Å². The van der Waals surface area contributed by atoms with E-state index in [1.165, 1.54) is 0 Å². The van der Waals surface area contributed by atoms with Gasteiger partial charge in [0.2, 0.25) is 5.12 Å². The Hall–Kier alpha value is -1.10. The van der Waals surface area contributed by atoms with Gasteiger partial charge in [-0.25, -0.2) is 4.98 Å². The highest BCUT2D eigenvalue weighted by Crippen LogP contribution is 2.04. The molecule has 1 rings (SSSR count). The van der Waals surface area contributed by atoms with Gasteiger partial charge in [0.15, 0.2) is 0 Å². The molecule has 12 heavy (non-hydrogen) atoms. The van der Waals surface area contributed by atoms with Crippen molar-refractivity contribution in [3.8, 4) is 0 Å². The quantitative estimate of drug-likeness (QED) is 0.527. The molecule has 1 atom stereocenters. The van der Waals surface area contributed by atoms with E-state index in [2.05, 4.69) is 34.3 Å². The zero-order valence-corrected chi connectivity index (χ0v) is 7.29. The van der Waals surface area contributed by atoms with Crippen molar-refractivity contribution in [2.75, 3.05) is 0 Å². The van der Waals surface area contributed by atoms with E-state index in [4.69, 9.17) is 0 Å². The van der Waals surface area contributed by atoms with Crippen LogP contribution >= 0.6 is 12.6 Å². The molecule has 1 unspecified atom stereocenters. The highest BCUT2D eigenvalue weighted by atomic mass is 32.1. The lowest BCUT2D eigenvalue weighted by Gasteiger charge is -2.03. The van der Waals surface area contributed by atoms with Crippen molar-refractivity contribution in [3.05, 3.63) is 18.2 Å². The van der Waals surface area contributed by atoms with Crippen LogP contribution < -0.4 is 0 Å². The molecule has 0 aliphatic rings. The molecular formula is C7H9N3OS. The molecule has 1 N–H and O–H groups in total. The average molecular weight is 183 g/mol. The Kier molecular flexibility index (Phi) is 3.04. The lowest BCUT2D eigenvalue weighted by Crippen LogP contribution is -2.16. The zero-order chi connectivity index (χ0) is 8.97. The first kappa shape index (κ1) is 8.99. The molecule has 64 valence electrons. The first-order valence-electron chi connectivity index (χ1n) is 3.40. The number of thiol groups is 1. The SMILES string of the molecule is C=NC(Cc1cnc[nH]1)C(=O)S. The summed E-state index contributed by atoms with van der Waals surface area (Å²) in [5.74, 6) is 0. The number of aromatic nitrogens is 2. The molecular weight excluding hydrogens is 174 g/mol. The van der Waals surface area contributed by atoms with E-state index in [-0.39, 0.29) is 5.12 Å². The van der Waals surface area contributed by atoms with Gasteiger partial charge in [-0.1, -0.05) is 0 Å². The number of aromatic amines is 1. The number of nitrogens with zero attached hydrogens (tertiary/aromatic N) is 2. The monoisotopic (exact) mass is 183 g/mol. The normalized spacial score (nSPS) is 12.4. The molecule has 0 saturated heterocycles. The summed E-state index contributed by atoms with van der Waals surface area (Å²) in [4.78, 5) is 21.1. The molecule has 0 aliphatic carbocycles. The first-order chi connectivity index (χ1) is 5.74. The number of H-pyrrole nitrogens is 1. The van der Waals surface area contributed by atoms with Crippen LogP contribution in [0.4, 0.5) is 0 Å². The Morgan fingerprint density at radius 1 is 1.92 bits per heavy atom. The van der Waals surface area contributed by atoms with E-state index >= 15 is 0 Å². The molecule has 5 heteroatoms. The Balaban J connectivity index is 2.60. The van der Waals surface area contributed by atoms with E-state index in [0.717, 1.165) is 5.69 Å². The Morgan fingerprint density at radius 3 is 3.08 bits per heavy atom. The standard InChI is InChI=1S/C7H9N3OS/c1-8-6(7(11)12)2-5-3-9-4-10-5/h3-4,6H,1-2H2,(H,9,10)(H,11,12). The minimum atomic E-state index is -0.478. The number of carbonyl (C=O) groups is 1. The van der Waals surface area contributed by atoms with E-state index in [9.17, 15) is 4.79 Å². The van der Waals surface area contributed by atoms with Gasteiger partial charge in [0.25, 0.3) is 0 Å². The molecule has 1 heterocycles. The van der Waals surface area contributed by atoms with E-state index < -0.39 is 6.04 Å². The maximum Gasteiger partial charge on any atom is 0.210 e. The maximum absolute atomic E-state index is 10.8. The second kappa shape index (κ2) is 4.06. The molecule has 0 aliphatic heterocycles. The molecule has 0 bridgehead atoms. The smallest absolute Gasteiger partial charge is 0.210 e. The molecule has 0 spiro atoms. The Morgan fingerprint density at radius 2 is 2.67 bits per heavy atom. The number of imidazole rings is 1. The van der Waals surface area contributed by atoms with Crippen LogP contribution in [0.2, 0.25) is 0 Å². The second-order valence-corrected chi connectivity index (χ2v) is 2.76. The molecule has 0 aromatic carbocycles. The predicted octanol–water partition coefficient (Wildman–Crippen LogP) is 0.478. The summed E-state index contributed by atoms with van der Waals surface area (Å²) in [7, 11) is 0. The number of carbonyl (C=O) groups excluding carboxylic acids is 1. The number of hydrogen-bond donors (Lipinski definition) is 2. The number of rotatable bonds is 4. The van der Waals surface area contributed by atoms with Gasteiger partial charge in [0.05, 0.1) is 6.33 Å². The Bertz CT molecular complexity index is 270. The van der Waals surface area contributed by atoms with Gasteiger partial charge >= 0.3 is 0 Å². The lowest BCUT2D eigenvalue weighted by molar-refractivity contribution is -0.111. The second-order valence-electron chi connectivity index (χ2n) is 2.32. The van der Waals surface area contributed by atoms with Gasteiger partial charge in [-0.15, -0.1) is 12.6 Å². The van der Waals surface area contributed by atoms with Crippen LogP contribution in [-0.4, -0.2) is 27.8 Å². The van der Waals surface area contributed by atoms with E-state index in [0.29, 0.717) is 6.42 Å². The van der Waals surface area contributed by atoms with Crippen molar-refractivity contribution in [1.82, 2.24) is 9.97 Å². The lowest BCUT2D eigenvalue weighted by atomic mass is 10.2. The number of nitrogens with one attached hydrogen (secondary N) is 1. The average Bonchev–Trinajstić information content (AvgIpc) is 2.51. The summed E-state index contributed by atoms with van der Waals surface area (Å²) < 4.78 is 0. The fourth-order valence-electron chi connectivity index (χ4n) is 0.835. The van der Waals surface area contributed by atoms with Gasteiger partial charge in [0, 0.05) is 18.3 Å². The minimum absolute atomic E-state index is 0.278. The van der Waals surface area contributed by atoms with Gasteiger partial charge < -0.3 is 4.98 Å². The third kappa shape index (κ3) is 2.20. The molecule has 0 saturated carbocycles. The summed E-state index contributed by atoms with van der Waals surface area (Å²) in [6.07, 6.45) is 3.68. The van der Waals surface area contributed by atoms with Crippen LogP contribution in [0.5, 0.6) is 0 Å². The largest absolute Gasteiger partial charge is 0.348 e. The zero-order valence-electron chi connectivity index (χ0n) is 6.40. The van der Waals surface area contributed by atoms with Crippen LogP contribution in [0.15, 0.2) is 17.5 Å². The van der Waals surface area contributed by atoms with Crippen LogP contribution in [-0.2, 0) is 11.2 Å². The number of hydrogen-bond acceptors (Lipinski definition) is 3. The summed E-state index contributed by atoms with van der Waals surface area (Å²) in [6, 6.07) is -0.478. The number of aliphatic imine (C=N–C) groups is 1. The molecule has 0 amide bonds. The predicted molar refractivity (Wildman–Crippen MR) is 49.6 cm³/mol. The topological polar surface area (TPSA) is 58.1 Å². The van der Waals surface area contributed by atoms with Crippen LogP contribution in [0.1, 0.15) is 5.69 Å². The van der Waals surface area contributed by atoms with E-state index in [1.54, 1.807) is 12.5 Å². The third-order valence-electron chi connectivity index (χ3n) is 1.47. The molecule has 4 nitrogen and oxygen atoms in total. The maximum atomic E-state index is 10.8. The minimum Gasteiger partial charge on any atom is -0.348 e. The summed E-state index contributed by atoms with van der Waals surface area (Å²) in [6.45, 7) is 3.31. The molecule has 1 aromatic rings. The summed E-state index contributed by atoms with van der Waals surface area (Å²) in [5.41, 5.74) is 0.856. The Labute approximate surface area is 75.5 Å². The van der Waals surface area contributed by atoms with E-state index in [1.807, 2.05) is 0 Å². The highest BCUT2D eigenvalue weighted by molar-refractivity contribution is 7.96. The summed E-state index contributed by atoms with van der Waals surface area (Å²) in [5, 5.41) is -0.278. The molecule has 0 radical (unpaired) electrons. The van der Waals surface area contributed by atoms with Crippen molar-refractivity contribution in [2.24, 2.45) is 4.99 Å². The molecule has 1 aromatic heterocycles. The first-order valence-corrected chi connectivity index (χ1v) is 3.84. The van der Waals surface area contributed by atoms with Crippen molar-refractivity contribution in [2.45, 2.75) is 12.5 Å². The summed E-state index contributed by atoms with van der Waals surface area (Å²) >= 11 is 3.68. The van der Waals surface area contributed by atoms with Gasteiger partial charge in [-0.05, 0) is 6.72 Å². The van der Waals surface area contributed by atoms with Crippen LogP contribution in [0.25, 0.3) is 0 Å². The highest BCUT2D eigenvalue weighted by Gasteiger charge is 2.13.